The fraction of sp³-hybridized carbons (Fsp3) is 0.214. The second-order valence-electron chi connectivity index (χ2n) is 4.03. The third kappa shape index (κ3) is 2.56. The molecule has 0 radical (unpaired) electrons. The summed E-state index contributed by atoms with van der Waals surface area (Å²) in [6.07, 6.45) is 1.69. The lowest BCUT2D eigenvalue weighted by atomic mass is 10.2. The summed E-state index contributed by atoms with van der Waals surface area (Å²) < 4.78 is 0. The van der Waals surface area contributed by atoms with Crippen LogP contribution in [0.1, 0.15) is 12.5 Å². The number of nitrogens with zero attached hydrogens (tertiary/aromatic N) is 2. The van der Waals surface area contributed by atoms with E-state index in [1.165, 1.54) is 5.56 Å². The fourth-order valence-corrected chi connectivity index (χ4v) is 1.83. The number of benzene rings is 1. The van der Waals surface area contributed by atoms with Crippen LogP contribution in [0.5, 0.6) is 0 Å². The maximum absolute atomic E-state index is 5.65. The van der Waals surface area contributed by atoms with Crippen LogP contribution >= 0.6 is 0 Å². The number of anilines is 3. The molecule has 2 rings (SSSR count). The number of aryl methyl sites for hydroxylation is 1. The molecule has 0 aliphatic carbocycles. The van der Waals surface area contributed by atoms with E-state index < -0.39 is 0 Å². The quantitative estimate of drug-likeness (QED) is 0.876. The van der Waals surface area contributed by atoms with Crippen molar-refractivity contribution >= 4 is 17.2 Å². The monoisotopic (exact) mass is 227 g/mol. The lowest BCUT2D eigenvalue weighted by Crippen LogP contribution is -2.17. The Balaban J connectivity index is 2.36. The van der Waals surface area contributed by atoms with Gasteiger partial charge in [-0.3, -0.25) is 0 Å². The van der Waals surface area contributed by atoms with Crippen molar-refractivity contribution in [2.75, 3.05) is 17.2 Å². The molecular formula is C14H17N3. The van der Waals surface area contributed by atoms with Crippen molar-refractivity contribution in [1.82, 2.24) is 4.98 Å². The van der Waals surface area contributed by atoms with E-state index >= 15 is 0 Å². The molecule has 0 atom stereocenters. The topological polar surface area (TPSA) is 42.1 Å². The number of nitrogen functional groups attached to an aromatic ring is 1. The molecule has 0 amide bonds. The average molecular weight is 227 g/mol. The Kier molecular flexibility index (Phi) is 3.28. The van der Waals surface area contributed by atoms with E-state index in [4.69, 9.17) is 5.73 Å². The zero-order valence-corrected chi connectivity index (χ0v) is 10.2. The largest absolute Gasteiger partial charge is 0.397 e. The van der Waals surface area contributed by atoms with E-state index in [2.05, 4.69) is 48.0 Å². The van der Waals surface area contributed by atoms with Crippen LogP contribution in [0.4, 0.5) is 17.2 Å². The first-order valence-corrected chi connectivity index (χ1v) is 5.76. The minimum absolute atomic E-state index is 0.689. The summed E-state index contributed by atoms with van der Waals surface area (Å²) in [4.78, 5) is 6.52. The lowest BCUT2D eigenvalue weighted by Gasteiger charge is -2.22. The summed E-state index contributed by atoms with van der Waals surface area (Å²) in [5.74, 6) is 0.923. The summed E-state index contributed by atoms with van der Waals surface area (Å²) in [6, 6.07) is 12.2. The number of nitrogens with two attached hydrogens (primary N) is 1. The van der Waals surface area contributed by atoms with Gasteiger partial charge < -0.3 is 10.6 Å². The minimum Gasteiger partial charge on any atom is -0.397 e. The van der Waals surface area contributed by atoms with Gasteiger partial charge in [-0.25, -0.2) is 4.98 Å². The van der Waals surface area contributed by atoms with E-state index in [0.29, 0.717) is 5.69 Å². The van der Waals surface area contributed by atoms with E-state index in [9.17, 15) is 0 Å². The summed E-state index contributed by atoms with van der Waals surface area (Å²) >= 11 is 0. The number of rotatable bonds is 3. The molecule has 88 valence electrons. The molecule has 0 unspecified atom stereocenters. The standard InChI is InChI=1S/C14H17N3/c1-3-17(13-6-4-5-11(2)9-13)14-8-7-12(15)10-16-14/h4-10H,3,15H2,1-2H3. The second kappa shape index (κ2) is 4.87. The van der Waals surface area contributed by atoms with E-state index in [0.717, 1.165) is 18.1 Å². The summed E-state index contributed by atoms with van der Waals surface area (Å²) in [5, 5.41) is 0. The van der Waals surface area contributed by atoms with Gasteiger partial charge in [-0.15, -0.1) is 0 Å². The van der Waals surface area contributed by atoms with Gasteiger partial charge in [-0.1, -0.05) is 12.1 Å². The van der Waals surface area contributed by atoms with Crippen LogP contribution in [0.25, 0.3) is 0 Å². The number of hydrogen-bond acceptors (Lipinski definition) is 3. The molecule has 0 saturated carbocycles. The van der Waals surface area contributed by atoms with E-state index in [-0.39, 0.29) is 0 Å². The lowest BCUT2D eigenvalue weighted by molar-refractivity contribution is 0.989. The molecule has 0 fully saturated rings. The Morgan fingerprint density at radius 2 is 2.06 bits per heavy atom. The van der Waals surface area contributed by atoms with Crippen LogP contribution in [0.2, 0.25) is 0 Å². The Morgan fingerprint density at radius 3 is 2.65 bits per heavy atom. The van der Waals surface area contributed by atoms with Crippen LogP contribution in [0.15, 0.2) is 42.6 Å². The fourth-order valence-electron chi connectivity index (χ4n) is 1.83. The van der Waals surface area contributed by atoms with E-state index in [1.807, 2.05) is 12.1 Å². The molecule has 0 aliphatic rings. The molecule has 2 N–H and O–H groups in total. The minimum atomic E-state index is 0.689. The molecule has 2 aromatic rings. The molecule has 0 aliphatic heterocycles. The second-order valence-corrected chi connectivity index (χ2v) is 4.03. The first-order chi connectivity index (χ1) is 8.20. The molecule has 17 heavy (non-hydrogen) atoms. The van der Waals surface area contributed by atoms with Gasteiger partial charge in [0.1, 0.15) is 5.82 Å². The Morgan fingerprint density at radius 1 is 1.24 bits per heavy atom. The van der Waals surface area contributed by atoms with Crippen molar-refractivity contribution in [2.45, 2.75) is 13.8 Å². The molecular weight excluding hydrogens is 210 g/mol. The van der Waals surface area contributed by atoms with Crippen molar-refractivity contribution in [3.8, 4) is 0 Å². The van der Waals surface area contributed by atoms with Crippen LogP contribution in [-0.2, 0) is 0 Å². The van der Waals surface area contributed by atoms with Crippen LogP contribution in [0.3, 0.4) is 0 Å². The van der Waals surface area contributed by atoms with Crippen LogP contribution in [-0.4, -0.2) is 11.5 Å². The smallest absolute Gasteiger partial charge is 0.133 e. The van der Waals surface area contributed by atoms with Gasteiger partial charge in [0.25, 0.3) is 0 Å². The van der Waals surface area contributed by atoms with Crippen molar-refractivity contribution in [2.24, 2.45) is 0 Å². The van der Waals surface area contributed by atoms with Gasteiger partial charge in [-0.2, -0.15) is 0 Å². The van der Waals surface area contributed by atoms with Crippen LogP contribution < -0.4 is 10.6 Å². The first kappa shape index (κ1) is 11.5. The Hall–Kier alpha value is -2.03. The van der Waals surface area contributed by atoms with Crippen molar-refractivity contribution in [3.63, 3.8) is 0 Å². The zero-order valence-electron chi connectivity index (χ0n) is 10.2. The van der Waals surface area contributed by atoms with Gasteiger partial charge in [-0.05, 0) is 43.7 Å². The van der Waals surface area contributed by atoms with Gasteiger partial charge in [0.05, 0.1) is 11.9 Å². The molecule has 0 saturated heterocycles. The highest BCUT2D eigenvalue weighted by Gasteiger charge is 2.07. The highest BCUT2D eigenvalue weighted by atomic mass is 15.2. The molecule has 3 nitrogen and oxygen atoms in total. The Bertz CT molecular complexity index is 491. The predicted octanol–water partition coefficient (Wildman–Crippen LogP) is 3.13. The summed E-state index contributed by atoms with van der Waals surface area (Å²) in [7, 11) is 0. The number of aromatic nitrogens is 1. The number of hydrogen-bond donors (Lipinski definition) is 1. The highest BCUT2D eigenvalue weighted by Crippen LogP contribution is 2.24. The van der Waals surface area contributed by atoms with Crippen molar-refractivity contribution in [3.05, 3.63) is 48.2 Å². The van der Waals surface area contributed by atoms with Gasteiger partial charge in [0.2, 0.25) is 0 Å². The third-order valence-electron chi connectivity index (χ3n) is 2.68. The van der Waals surface area contributed by atoms with Gasteiger partial charge in [0, 0.05) is 12.2 Å². The van der Waals surface area contributed by atoms with Crippen molar-refractivity contribution < 1.29 is 0 Å². The predicted molar refractivity (Wildman–Crippen MR) is 72.5 cm³/mol. The molecule has 1 aromatic heterocycles. The SMILES string of the molecule is CCN(c1cccc(C)c1)c1ccc(N)cn1. The van der Waals surface area contributed by atoms with Crippen molar-refractivity contribution in [1.29, 1.82) is 0 Å². The number of pyridine rings is 1. The molecule has 1 aromatic carbocycles. The molecule has 0 spiro atoms. The maximum atomic E-state index is 5.65. The summed E-state index contributed by atoms with van der Waals surface area (Å²) in [6.45, 7) is 5.08. The summed E-state index contributed by atoms with van der Waals surface area (Å²) in [5.41, 5.74) is 8.74. The highest BCUT2D eigenvalue weighted by molar-refractivity contribution is 5.61. The third-order valence-corrected chi connectivity index (χ3v) is 2.68. The van der Waals surface area contributed by atoms with Gasteiger partial charge in [0.15, 0.2) is 0 Å². The van der Waals surface area contributed by atoms with Crippen LogP contribution in [0, 0.1) is 6.92 Å². The molecule has 0 bridgehead atoms. The van der Waals surface area contributed by atoms with Gasteiger partial charge >= 0.3 is 0 Å². The molecule has 1 heterocycles. The Labute approximate surface area is 102 Å². The first-order valence-electron chi connectivity index (χ1n) is 5.76. The molecule has 3 heteroatoms. The van der Waals surface area contributed by atoms with E-state index in [1.54, 1.807) is 6.20 Å². The zero-order chi connectivity index (χ0) is 12.3. The normalized spacial score (nSPS) is 10.2. The maximum Gasteiger partial charge on any atom is 0.133 e. The average Bonchev–Trinajstić information content (AvgIpc) is 2.33.